The molecule has 3 heterocycles. The molecule has 0 saturated carbocycles. The number of aromatic nitrogens is 1. The maximum absolute atomic E-state index is 6.67. The van der Waals surface area contributed by atoms with Gasteiger partial charge in [0.05, 0.1) is 22.5 Å². The first kappa shape index (κ1) is 36.4. The summed E-state index contributed by atoms with van der Waals surface area (Å²) in [6, 6.07) is 75.2. The average molecular weight is 832 g/mol. The zero-order valence-corrected chi connectivity index (χ0v) is 35.6. The Kier molecular flexibility index (Phi) is 7.82. The van der Waals surface area contributed by atoms with E-state index in [9.17, 15) is 0 Å². The second kappa shape index (κ2) is 14.0. The van der Waals surface area contributed by atoms with Crippen molar-refractivity contribution < 1.29 is 4.42 Å². The van der Waals surface area contributed by atoms with E-state index in [2.05, 4.69) is 211 Å². The fraction of sp³-hybridized carbons (Fsp3) is 0.0820. The van der Waals surface area contributed by atoms with Crippen molar-refractivity contribution in [3.63, 3.8) is 0 Å². The molecule has 0 bridgehead atoms. The first-order valence-corrected chi connectivity index (χ1v) is 22.8. The van der Waals surface area contributed by atoms with E-state index in [1.807, 2.05) is 0 Å². The SMILES string of the molecule is c1ccc(-c2cccc3oc4cc(C5=N/C(c6ccccc6)CCC/C(n6c7ccccc7c7cc8c(cc76)-c6ccccc6C86c7ccccc7-c7ccccc76)=N\5)ccc4c23)cc1. The predicted octanol–water partition coefficient (Wildman–Crippen LogP) is 15.3. The summed E-state index contributed by atoms with van der Waals surface area (Å²) >= 11 is 0. The van der Waals surface area contributed by atoms with Crippen molar-refractivity contribution in [2.24, 2.45) is 9.98 Å². The average Bonchev–Trinajstić information content (AvgIpc) is 4.07. The van der Waals surface area contributed by atoms with Crippen molar-refractivity contribution in [2.45, 2.75) is 30.7 Å². The fourth-order valence-corrected chi connectivity index (χ4v) is 11.7. The Bertz CT molecular complexity index is 3770. The molecule has 65 heavy (non-hydrogen) atoms. The third kappa shape index (κ3) is 5.19. The molecule has 14 rings (SSSR count). The van der Waals surface area contributed by atoms with Crippen molar-refractivity contribution in [1.29, 1.82) is 0 Å². The van der Waals surface area contributed by atoms with Crippen LogP contribution in [0.4, 0.5) is 0 Å². The van der Waals surface area contributed by atoms with Gasteiger partial charge in [-0.05, 0) is 110 Å². The molecule has 3 aliphatic rings. The van der Waals surface area contributed by atoms with Crippen LogP contribution in [0.5, 0.6) is 0 Å². The summed E-state index contributed by atoms with van der Waals surface area (Å²) in [7, 11) is 0. The number of hydrogen-bond acceptors (Lipinski definition) is 3. The second-order valence-corrected chi connectivity index (χ2v) is 17.8. The van der Waals surface area contributed by atoms with Crippen LogP contribution in [0.1, 0.15) is 58.7 Å². The Balaban J connectivity index is 0.999. The molecule has 306 valence electrons. The minimum atomic E-state index is -0.419. The van der Waals surface area contributed by atoms with Crippen LogP contribution in [0.3, 0.4) is 0 Å². The summed E-state index contributed by atoms with van der Waals surface area (Å²) in [5.41, 5.74) is 18.7. The van der Waals surface area contributed by atoms with Crippen LogP contribution in [0.25, 0.3) is 77.1 Å². The number of para-hydroxylation sites is 1. The molecule has 1 unspecified atom stereocenters. The predicted molar refractivity (Wildman–Crippen MR) is 267 cm³/mol. The number of aliphatic imine (C=N–C) groups is 2. The molecule has 2 aromatic heterocycles. The highest BCUT2D eigenvalue weighted by atomic mass is 16.3. The summed E-state index contributed by atoms with van der Waals surface area (Å²) in [6.45, 7) is 0. The lowest BCUT2D eigenvalue weighted by atomic mass is 9.70. The summed E-state index contributed by atoms with van der Waals surface area (Å²) in [5, 5.41) is 4.66. The van der Waals surface area contributed by atoms with Gasteiger partial charge in [0.1, 0.15) is 17.0 Å². The van der Waals surface area contributed by atoms with Crippen molar-refractivity contribution >= 4 is 55.4 Å². The highest BCUT2D eigenvalue weighted by Crippen LogP contribution is 2.63. The minimum absolute atomic E-state index is 0.0289. The summed E-state index contributed by atoms with van der Waals surface area (Å²) in [6.07, 6.45) is 2.64. The molecule has 11 aromatic rings. The Labute approximate surface area is 376 Å². The van der Waals surface area contributed by atoms with E-state index in [1.54, 1.807) is 0 Å². The quantitative estimate of drug-likeness (QED) is 0.175. The third-order valence-electron chi connectivity index (χ3n) is 14.5. The number of benzene rings is 9. The summed E-state index contributed by atoms with van der Waals surface area (Å²) < 4.78 is 9.12. The van der Waals surface area contributed by atoms with E-state index < -0.39 is 5.41 Å². The van der Waals surface area contributed by atoms with E-state index in [4.69, 9.17) is 14.4 Å². The van der Waals surface area contributed by atoms with E-state index in [0.29, 0.717) is 0 Å². The monoisotopic (exact) mass is 831 g/mol. The lowest BCUT2D eigenvalue weighted by Crippen LogP contribution is -2.25. The van der Waals surface area contributed by atoms with Gasteiger partial charge in [-0.25, -0.2) is 4.99 Å². The normalized spacial score (nSPS) is 17.6. The molecule has 1 atom stereocenters. The molecular weight excluding hydrogens is 791 g/mol. The Morgan fingerprint density at radius 2 is 1.11 bits per heavy atom. The van der Waals surface area contributed by atoms with Crippen LogP contribution in [0, 0.1) is 0 Å². The lowest BCUT2D eigenvalue weighted by Gasteiger charge is -2.30. The van der Waals surface area contributed by atoms with Gasteiger partial charge in [-0.2, -0.15) is 0 Å². The van der Waals surface area contributed by atoms with Crippen LogP contribution in [-0.2, 0) is 5.41 Å². The van der Waals surface area contributed by atoms with Crippen LogP contribution in [0.15, 0.2) is 221 Å². The molecule has 2 aliphatic carbocycles. The molecule has 4 heteroatoms. The molecule has 4 nitrogen and oxygen atoms in total. The van der Waals surface area contributed by atoms with Gasteiger partial charge < -0.3 is 4.42 Å². The van der Waals surface area contributed by atoms with E-state index in [0.717, 1.165) is 75.0 Å². The highest BCUT2D eigenvalue weighted by molar-refractivity contribution is 6.19. The van der Waals surface area contributed by atoms with Crippen LogP contribution >= 0.6 is 0 Å². The van der Waals surface area contributed by atoms with Crippen LogP contribution in [-0.4, -0.2) is 16.2 Å². The fourth-order valence-electron chi connectivity index (χ4n) is 11.7. The van der Waals surface area contributed by atoms with Gasteiger partial charge in [0.2, 0.25) is 0 Å². The van der Waals surface area contributed by atoms with Gasteiger partial charge in [0, 0.05) is 33.5 Å². The molecule has 0 fully saturated rings. The molecule has 0 saturated heterocycles. The standard InChI is InChI=1S/C61H41N3O/c1-3-17-38(18-4-1)41-25-15-31-56-59(41)46-34-33-40(35-57(46)65-56)60-62-53(39-19-5-2-6-20-39)29-16-32-58(63-60)64-54-30-14-10-24-45(54)48-36-52-47(37-55(48)64)44-23-9-13-28-51(44)61(52)49-26-11-7-21-42(49)43-22-8-12-27-50(43)61/h1-15,17-28,30-31,33-37,53H,16,29,32H2/b62-60-,63-58+. The number of hydrogen-bond donors (Lipinski definition) is 0. The maximum Gasteiger partial charge on any atom is 0.157 e. The maximum atomic E-state index is 6.67. The number of rotatable bonds is 3. The zero-order chi connectivity index (χ0) is 42.6. The molecule has 9 aromatic carbocycles. The minimum Gasteiger partial charge on any atom is -0.456 e. The van der Waals surface area contributed by atoms with Crippen molar-refractivity contribution in [3.05, 3.63) is 240 Å². The largest absolute Gasteiger partial charge is 0.456 e. The molecular formula is C61H41N3O. The van der Waals surface area contributed by atoms with Gasteiger partial charge in [-0.15, -0.1) is 0 Å². The third-order valence-corrected chi connectivity index (χ3v) is 14.5. The second-order valence-electron chi connectivity index (χ2n) is 17.8. The van der Waals surface area contributed by atoms with Crippen LogP contribution in [0.2, 0.25) is 0 Å². The first-order valence-electron chi connectivity index (χ1n) is 22.8. The van der Waals surface area contributed by atoms with E-state index in [1.165, 1.54) is 66.4 Å². The molecule has 1 aliphatic heterocycles. The number of nitrogens with zero attached hydrogens (tertiary/aromatic N) is 3. The number of amidine groups is 1. The van der Waals surface area contributed by atoms with Crippen molar-refractivity contribution in [1.82, 2.24) is 4.57 Å². The summed E-state index contributed by atoms with van der Waals surface area (Å²) in [5.74, 6) is 1.71. The van der Waals surface area contributed by atoms with Gasteiger partial charge in [-0.3, -0.25) is 9.56 Å². The van der Waals surface area contributed by atoms with Crippen molar-refractivity contribution in [2.75, 3.05) is 0 Å². The van der Waals surface area contributed by atoms with Gasteiger partial charge in [0.15, 0.2) is 5.84 Å². The number of furan rings is 1. The molecule has 1 spiro atoms. The van der Waals surface area contributed by atoms with E-state index in [-0.39, 0.29) is 6.04 Å². The Hall–Kier alpha value is -8.08. The van der Waals surface area contributed by atoms with Gasteiger partial charge in [0.25, 0.3) is 0 Å². The highest BCUT2D eigenvalue weighted by Gasteiger charge is 2.51. The Morgan fingerprint density at radius 3 is 1.86 bits per heavy atom. The lowest BCUT2D eigenvalue weighted by molar-refractivity contribution is 0.619. The molecule has 0 N–H and O–H groups in total. The zero-order valence-electron chi connectivity index (χ0n) is 35.6. The summed E-state index contributed by atoms with van der Waals surface area (Å²) in [4.78, 5) is 11.3. The Morgan fingerprint density at radius 1 is 0.462 bits per heavy atom. The van der Waals surface area contributed by atoms with E-state index >= 15 is 0 Å². The smallest absolute Gasteiger partial charge is 0.157 e. The molecule has 0 radical (unpaired) electrons. The molecule has 0 amide bonds. The topological polar surface area (TPSA) is 42.8 Å². The van der Waals surface area contributed by atoms with Gasteiger partial charge in [-0.1, -0.05) is 170 Å². The van der Waals surface area contributed by atoms with Crippen LogP contribution < -0.4 is 0 Å². The van der Waals surface area contributed by atoms with Crippen molar-refractivity contribution in [3.8, 4) is 33.4 Å². The first-order chi connectivity index (χ1) is 32.2. The number of fused-ring (bicyclic) bond motifs is 16. The van der Waals surface area contributed by atoms with Gasteiger partial charge >= 0.3 is 0 Å².